The fourth-order valence-electron chi connectivity index (χ4n) is 3.86. The fourth-order valence-corrected chi connectivity index (χ4v) is 3.86. The highest BCUT2D eigenvalue weighted by Crippen LogP contribution is 2.36. The van der Waals surface area contributed by atoms with Crippen LogP contribution in [0.3, 0.4) is 0 Å². The number of amides is 1. The first-order valence-electron chi connectivity index (χ1n) is 10.5. The molecule has 5 rings (SSSR count). The molecule has 8 nitrogen and oxygen atoms in total. The minimum Gasteiger partial charge on any atom is -0.357 e. The largest absolute Gasteiger partial charge is 0.416 e. The molecule has 35 heavy (non-hydrogen) atoms. The second-order valence-corrected chi connectivity index (χ2v) is 7.71. The molecule has 0 bridgehead atoms. The van der Waals surface area contributed by atoms with E-state index in [0.717, 1.165) is 23.9 Å². The minimum absolute atomic E-state index is 0.343. The van der Waals surface area contributed by atoms with Crippen LogP contribution in [-0.4, -0.2) is 46.8 Å². The van der Waals surface area contributed by atoms with Crippen LogP contribution in [0.4, 0.5) is 35.1 Å². The molecule has 2 aliphatic heterocycles. The van der Waals surface area contributed by atoms with Crippen molar-refractivity contribution in [3.05, 3.63) is 70.8 Å². The average Bonchev–Trinajstić information content (AvgIpc) is 3.33. The molecule has 2 aliphatic rings. The number of carbonyl (C=O) groups excluding carboxylic acids is 1. The normalized spacial score (nSPS) is 14.6. The Morgan fingerprint density at radius 2 is 1.97 bits per heavy atom. The Kier molecular flexibility index (Phi) is 5.42. The Morgan fingerprint density at radius 3 is 2.74 bits per heavy atom. The van der Waals surface area contributed by atoms with Crippen molar-refractivity contribution in [2.24, 2.45) is 4.99 Å². The topological polar surface area (TPSA) is 95.4 Å². The lowest BCUT2D eigenvalue weighted by Gasteiger charge is -2.27. The number of pyridine rings is 1. The maximum absolute atomic E-state index is 14.6. The molecule has 0 saturated carbocycles. The van der Waals surface area contributed by atoms with E-state index in [1.54, 1.807) is 19.3 Å². The SMILES string of the molecule is CNc1ncc2c(n1)N1CCN=C1C(c1ccc(F)c(C(=O)Nc3cc(C(F)(F)F)ccn3)c1)=C2. The van der Waals surface area contributed by atoms with Gasteiger partial charge in [-0.1, -0.05) is 6.07 Å². The molecule has 0 radical (unpaired) electrons. The van der Waals surface area contributed by atoms with Gasteiger partial charge >= 0.3 is 6.18 Å². The first kappa shape index (κ1) is 22.4. The highest BCUT2D eigenvalue weighted by Gasteiger charge is 2.32. The van der Waals surface area contributed by atoms with Gasteiger partial charge in [-0.25, -0.2) is 14.4 Å². The van der Waals surface area contributed by atoms with Crippen molar-refractivity contribution in [1.82, 2.24) is 15.0 Å². The molecule has 0 spiro atoms. The van der Waals surface area contributed by atoms with Crippen molar-refractivity contribution in [2.45, 2.75) is 6.18 Å². The summed E-state index contributed by atoms with van der Waals surface area (Å²) in [6, 6.07) is 5.43. The Labute approximate surface area is 196 Å². The van der Waals surface area contributed by atoms with Gasteiger partial charge in [-0.05, 0) is 35.9 Å². The average molecular weight is 483 g/mol. The molecule has 4 heterocycles. The number of nitrogens with one attached hydrogen (secondary N) is 2. The third-order valence-electron chi connectivity index (χ3n) is 5.51. The van der Waals surface area contributed by atoms with Crippen LogP contribution in [0, 0.1) is 5.82 Å². The summed E-state index contributed by atoms with van der Waals surface area (Å²) in [5.74, 6) is -0.349. The van der Waals surface area contributed by atoms with Crippen LogP contribution in [0.5, 0.6) is 0 Å². The number of carbonyl (C=O) groups is 1. The molecule has 1 amide bonds. The lowest BCUT2D eigenvalue weighted by molar-refractivity contribution is -0.137. The van der Waals surface area contributed by atoms with Gasteiger partial charge in [0.25, 0.3) is 5.91 Å². The van der Waals surface area contributed by atoms with E-state index in [0.29, 0.717) is 47.9 Å². The molecule has 0 aliphatic carbocycles. The number of aromatic nitrogens is 3. The third-order valence-corrected chi connectivity index (χ3v) is 5.51. The first-order chi connectivity index (χ1) is 16.7. The summed E-state index contributed by atoms with van der Waals surface area (Å²) in [7, 11) is 1.71. The molecule has 12 heteroatoms. The van der Waals surface area contributed by atoms with Crippen LogP contribution in [-0.2, 0) is 6.18 Å². The number of hydrogen-bond acceptors (Lipinski definition) is 7. The van der Waals surface area contributed by atoms with Crippen molar-refractivity contribution in [3.8, 4) is 0 Å². The summed E-state index contributed by atoms with van der Waals surface area (Å²) in [4.78, 5) is 31.7. The van der Waals surface area contributed by atoms with E-state index in [1.165, 1.54) is 12.1 Å². The summed E-state index contributed by atoms with van der Waals surface area (Å²) in [5, 5.41) is 5.13. The maximum atomic E-state index is 14.6. The van der Waals surface area contributed by atoms with E-state index in [4.69, 9.17) is 0 Å². The number of anilines is 3. The zero-order chi connectivity index (χ0) is 24.7. The van der Waals surface area contributed by atoms with Crippen molar-refractivity contribution in [3.63, 3.8) is 0 Å². The van der Waals surface area contributed by atoms with Crippen LogP contribution in [0.25, 0.3) is 11.6 Å². The molecule has 0 atom stereocenters. The van der Waals surface area contributed by atoms with Gasteiger partial charge in [0.15, 0.2) is 0 Å². The fraction of sp³-hybridized carbons (Fsp3) is 0.174. The van der Waals surface area contributed by atoms with Gasteiger partial charge in [-0.2, -0.15) is 18.2 Å². The van der Waals surface area contributed by atoms with Crippen molar-refractivity contribution < 1.29 is 22.4 Å². The highest BCUT2D eigenvalue weighted by atomic mass is 19.4. The number of aliphatic imine (C=N–C) groups is 1. The molecule has 0 saturated heterocycles. The van der Waals surface area contributed by atoms with Gasteiger partial charge in [0.2, 0.25) is 5.95 Å². The van der Waals surface area contributed by atoms with Gasteiger partial charge in [-0.15, -0.1) is 0 Å². The third kappa shape index (κ3) is 4.18. The second kappa shape index (κ2) is 8.46. The minimum atomic E-state index is -4.61. The summed E-state index contributed by atoms with van der Waals surface area (Å²) in [6.45, 7) is 1.12. The van der Waals surface area contributed by atoms with E-state index < -0.39 is 23.5 Å². The predicted molar refractivity (Wildman–Crippen MR) is 123 cm³/mol. The van der Waals surface area contributed by atoms with E-state index >= 15 is 0 Å². The van der Waals surface area contributed by atoms with Gasteiger partial charge < -0.3 is 15.5 Å². The summed E-state index contributed by atoms with van der Waals surface area (Å²) < 4.78 is 53.5. The number of rotatable bonds is 4. The monoisotopic (exact) mass is 483 g/mol. The van der Waals surface area contributed by atoms with Gasteiger partial charge in [0.1, 0.15) is 23.3 Å². The smallest absolute Gasteiger partial charge is 0.357 e. The summed E-state index contributed by atoms with van der Waals surface area (Å²) in [5.41, 5.74) is 0.541. The van der Waals surface area contributed by atoms with Crippen LogP contribution < -0.4 is 15.5 Å². The molecule has 0 unspecified atom stereocenters. The summed E-state index contributed by atoms with van der Waals surface area (Å²) in [6.07, 6.45) is -0.231. The molecule has 2 N–H and O–H groups in total. The van der Waals surface area contributed by atoms with E-state index in [1.807, 2.05) is 4.90 Å². The van der Waals surface area contributed by atoms with Crippen molar-refractivity contribution in [1.29, 1.82) is 0 Å². The Balaban J connectivity index is 1.50. The Hall–Kier alpha value is -4.35. The van der Waals surface area contributed by atoms with Crippen LogP contribution in [0.2, 0.25) is 0 Å². The zero-order valence-electron chi connectivity index (χ0n) is 18.2. The predicted octanol–water partition coefficient (Wildman–Crippen LogP) is 4.10. The van der Waals surface area contributed by atoms with Crippen LogP contribution in [0.1, 0.15) is 27.0 Å². The molecular formula is C23H17F4N7O. The lowest BCUT2D eigenvalue weighted by atomic mass is 9.96. The molecule has 0 fully saturated rings. The number of halogens is 4. The molecule has 1 aromatic carbocycles. The number of alkyl halides is 3. The number of fused-ring (bicyclic) bond motifs is 3. The number of benzene rings is 1. The summed E-state index contributed by atoms with van der Waals surface area (Å²) >= 11 is 0. The van der Waals surface area contributed by atoms with E-state index in [2.05, 4.69) is 30.6 Å². The molecule has 3 aromatic rings. The lowest BCUT2D eigenvalue weighted by Crippen LogP contribution is -2.32. The van der Waals surface area contributed by atoms with E-state index in [9.17, 15) is 22.4 Å². The van der Waals surface area contributed by atoms with Gasteiger partial charge in [-0.3, -0.25) is 9.79 Å². The first-order valence-corrected chi connectivity index (χ1v) is 10.5. The van der Waals surface area contributed by atoms with Crippen LogP contribution >= 0.6 is 0 Å². The maximum Gasteiger partial charge on any atom is 0.416 e. The Morgan fingerprint density at radius 1 is 1.14 bits per heavy atom. The Bertz CT molecular complexity index is 1400. The van der Waals surface area contributed by atoms with Gasteiger partial charge in [0, 0.05) is 37.1 Å². The van der Waals surface area contributed by atoms with Crippen molar-refractivity contribution >= 4 is 41.0 Å². The zero-order valence-corrected chi connectivity index (χ0v) is 18.2. The van der Waals surface area contributed by atoms with Crippen LogP contribution in [0.15, 0.2) is 47.7 Å². The number of amidine groups is 1. The second-order valence-electron chi connectivity index (χ2n) is 7.71. The van der Waals surface area contributed by atoms with Crippen molar-refractivity contribution in [2.75, 3.05) is 35.7 Å². The molecular weight excluding hydrogens is 466 g/mol. The number of nitrogens with zero attached hydrogens (tertiary/aromatic N) is 5. The molecule has 178 valence electrons. The molecule has 2 aromatic heterocycles. The standard InChI is InChI=1S/C23H17F4N7O/c1-28-22-31-11-13-9-15(20-30-6-7-34(20)19(13)33-22)12-2-3-17(24)16(8-12)21(35)32-18-10-14(4-5-29-18)23(25,26)27/h2-5,8-11H,6-7H2,1H3,(H,28,31,33)(H,29,32,35). The quantitative estimate of drug-likeness (QED) is 0.543. The highest BCUT2D eigenvalue weighted by molar-refractivity contribution is 6.35. The number of hydrogen-bond donors (Lipinski definition) is 2. The van der Waals surface area contributed by atoms with Gasteiger partial charge in [0.05, 0.1) is 17.7 Å². The van der Waals surface area contributed by atoms with E-state index in [-0.39, 0.29) is 11.4 Å².